The van der Waals surface area contributed by atoms with E-state index in [0.717, 1.165) is 37.7 Å². The van der Waals surface area contributed by atoms with E-state index in [2.05, 4.69) is 65.4 Å². The summed E-state index contributed by atoms with van der Waals surface area (Å²) in [6, 6.07) is 19.5. The van der Waals surface area contributed by atoms with E-state index in [1.807, 2.05) is 17.8 Å². The van der Waals surface area contributed by atoms with Crippen LogP contribution in [-0.4, -0.2) is 98.6 Å². The number of nitrogens with zero attached hydrogens (tertiary/aromatic N) is 3. The van der Waals surface area contributed by atoms with Crippen molar-refractivity contribution in [3.8, 4) is 0 Å². The van der Waals surface area contributed by atoms with Crippen LogP contribution >= 0.6 is 11.8 Å². The number of aliphatic carboxylic acids is 4. The minimum atomic E-state index is -1.26. The molecule has 1 saturated heterocycles. The van der Waals surface area contributed by atoms with Crippen LogP contribution in [0.5, 0.6) is 0 Å². The zero-order chi connectivity index (χ0) is 32.3. The van der Waals surface area contributed by atoms with Gasteiger partial charge in [0.1, 0.15) is 0 Å². The van der Waals surface area contributed by atoms with Gasteiger partial charge in [0.15, 0.2) is 5.17 Å². The second kappa shape index (κ2) is 19.7. The van der Waals surface area contributed by atoms with Crippen LogP contribution in [-0.2, 0) is 36.3 Å². The third kappa shape index (κ3) is 14.6. The van der Waals surface area contributed by atoms with Gasteiger partial charge in [-0.05, 0) is 30.0 Å². The van der Waals surface area contributed by atoms with Crippen LogP contribution in [0.4, 0.5) is 5.69 Å². The largest absolute Gasteiger partial charge is 0.478 e. The topological polar surface area (TPSA) is 177 Å². The average Bonchev–Trinajstić information content (AvgIpc) is 3.02. The van der Waals surface area contributed by atoms with E-state index in [1.165, 1.54) is 29.1 Å². The number of ether oxygens (including phenoxy) is 1. The van der Waals surface area contributed by atoms with Crippen molar-refractivity contribution in [2.24, 2.45) is 4.99 Å². The number of benzene rings is 2. The van der Waals surface area contributed by atoms with Gasteiger partial charge in [-0.15, -0.1) is 0 Å². The van der Waals surface area contributed by atoms with Crippen molar-refractivity contribution >= 4 is 46.5 Å². The Morgan fingerprint density at radius 2 is 1.39 bits per heavy atom. The Labute approximate surface area is 260 Å². The van der Waals surface area contributed by atoms with Crippen LogP contribution in [0.3, 0.4) is 0 Å². The molecule has 4 rings (SSSR count). The van der Waals surface area contributed by atoms with Gasteiger partial charge in [0.2, 0.25) is 0 Å². The molecule has 2 aliphatic rings. The summed E-state index contributed by atoms with van der Waals surface area (Å²) in [5.41, 5.74) is 3.72. The fraction of sp³-hybridized carbons (Fsp3) is 0.323. The van der Waals surface area contributed by atoms with Gasteiger partial charge in [-0.25, -0.2) is 24.2 Å². The number of amidine groups is 1. The van der Waals surface area contributed by atoms with Crippen molar-refractivity contribution in [1.29, 1.82) is 0 Å². The molecule has 2 aromatic carbocycles. The van der Waals surface area contributed by atoms with Crippen LogP contribution in [0, 0.1) is 0 Å². The van der Waals surface area contributed by atoms with Gasteiger partial charge >= 0.3 is 23.9 Å². The number of likely N-dealkylation sites (tertiary alicyclic amines) is 1. The van der Waals surface area contributed by atoms with Crippen molar-refractivity contribution in [3.05, 3.63) is 90.0 Å². The maximum atomic E-state index is 9.55. The zero-order valence-electron chi connectivity index (χ0n) is 24.3. The minimum Gasteiger partial charge on any atom is -0.478 e. The molecule has 0 unspecified atom stereocenters. The van der Waals surface area contributed by atoms with Gasteiger partial charge < -0.3 is 35.0 Å². The standard InChI is InChI=1S/C23H29N3OS.2C4H4O4/c1-25(23-24-22-10-6-5-9-20(22)18-28-23)21-11-13-26(14-12-21)15-16-27-17-19-7-3-2-4-8-19;2*5-3(6)1-2-4(7)8/h2-10,21H,11-18H2,1H3;2*1-2H,(H,5,6)(H,7,8)/b;2*2-1+. The lowest BCUT2D eigenvalue weighted by Gasteiger charge is -2.38. The van der Waals surface area contributed by atoms with E-state index >= 15 is 0 Å². The molecule has 0 radical (unpaired) electrons. The predicted molar refractivity (Wildman–Crippen MR) is 167 cm³/mol. The Hall–Kier alpha value is -4.46. The SMILES string of the molecule is CN(C1=Nc2ccccc2CS1)C1CCN(CCOCc2ccccc2)CC1.O=C(O)/C=C/C(=O)O.O=C(O)/C=C/C(=O)O. The van der Waals surface area contributed by atoms with Gasteiger partial charge in [-0.2, -0.15) is 0 Å². The average molecular weight is 628 g/mol. The van der Waals surface area contributed by atoms with E-state index in [4.69, 9.17) is 30.2 Å². The van der Waals surface area contributed by atoms with Gasteiger partial charge in [0.05, 0.1) is 18.9 Å². The monoisotopic (exact) mass is 627 g/mol. The number of piperidine rings is 1. The first-order chi connectivity index (χ1) is 21.0. The summed E-state index contributed by atoms with van der Waals surface area (Å²) in [5.74, 6) is -4.00. The first kappa shape index (κ1) is 35.7. The molecule has 0 atom stereocenters. The molecule has 2 aromatic rings. The molecule has 236 valence electrons. The fourth-order valence-corrected chi connectivity index (χ4v) is 5.17. The highest BCUT2D eigenvalue weighted by atomic mass is 32.2. The molecular formula is C31H37N3O9S. The molecule has 0 saturated carbocycles. The number of hydrogen-bond donors (Lipinski definition) is 4. The van der Waals surface area contributed by atoms with E-state index in [0.29, 0.717) is 37.0 Å². The molecule has 0 aliphatic carbocycles. The predicted octanol–water partition coefficient (Wildman–Crippen LogP) is 3.96. The van der Waals surface area contributed by atoms with Crippen LogP contribution in [0.25, 0.3) is 0 Å². The molecule has 12 nitrogen and oxygen atoms in total. The second-order valence-corrected chi connectivity index (χ2v) is 10.5. The summed E-state index contributed by atoms with van der Waals surface area (Å²) in [4.78, 5) is 48.1. The number of thioether (sulfide) groups is 1. The van der Waals surface area contributed by atoms with Gasteiger partial charge in [-0.3, -0.25) is 0 Å². The smallest absolute Gasteiger partial charge is 0.328 e. The maximum Gasteiger partial charge on any atom is 0.328 e. The molecule has 0 bridgehead atoms. The van der Waals surface area contributed by atoms with Crippen LogP contribution in [0.2, 0.25) is 0 Å². The van der Waals surface area contributed by atoms with E-state index in [-0.39, 0.29) is 0 Å². The van der Waals surface area contributed by atoms with E-state index in [9.17, 15) is 19.2 Å². The number of carbonyl (C=O) groups is 4. The number of para-hydroxylation sites is 1. The Morgan fingerprint density at radius 3 is 1.93 bits per heavy atom. The zero-order valence-corrected chi connectivity index (χ0v) is 25.1. The lowest BCUT2D eigenvalue weighted by Crippen LogP contribution is -2.45. The lowest BCUT2D eigenvalue weighted by atomic mass is 10.0. The molecule has 0 aromatic heterocycles. The highest BCUT2D eigenvalue weighted by molar-refractivity contribution is 8.13. The number of aliphatic imine (C=N–C) groups is 1. The Balaban J connectivity index is 0.000000349. The summed E-state index contributed by atoms with van der Waals surface area (Å²) < 4.78 is 5.85. The van der Waals surface area contributed by atoms with E-state index in [1.54, 1.807) is 0 Å². The summed E-state index contributed by atoms with van der Waals surface area (Å²) in [6.07, 6.45) is 4.61. The van der Waals surface area contributed by atoms with Gasteiger partial charge in [0.25, 0.3) is 0 Å². The minimum absolute atomic E-state index is 0.558. The molecule has 13 heteroatoms. The highest BCUT2D eigenvalue weighted by Crippen LogP contribution is 2.32. The molecule has 4 N–H and O–H groups in total. The van der Waals surface area contributed by atoms with Crippen LogP contribution in [0.15, 0.2) is 83.9 Å². The third-order valence-corrected chi connectivity index (χ3v) is 7.46. The molecule has 2 heterocycles. The Bertz CT molecular complexity index is 1260. The second-order valence-electron chi connectivity index (χ2n) is 9.55. The number of rotatable bonds is 10. The van der Waals surface area contributed by atoms with Crippen molar-refractivity contribution in [3.63, 3.8) is 0 Å². The lowest BCUT2D eigenvalue weighted by molar-refractivity contribution is -0.134. The number of carboxylic acids is 4. The van der Waals surface area contributed by atoms with Crippen molar-refractivity contribution in [2.45, 2.75) is 31.2 Å². The number of fused-ring (bicyclic) bond motifs is 1. The summed E-state index contributed by atoms with van der Waals surface area (Å²) in [6.45, 7) is 4.80. The Kier molecular flexibility index (Phi) is 16.0. The van der Waals surface area contributed by atoms with Crippen molar-refractivity contribution in [1.82, 2.24) is 9.80 Å². The molecule has 44 heavy (non-hydrogen) atoms. The first-order valence-corrected chi connectivity index (χ1v) is 14.7. The van der Waals surface area contributed by atoms with Crippen molar-refractivity contribution in [2.75, 3.05) is 33.3 Å². The molecule has 0 amide bonds. The van der Waals surface area contributed by atoms with Gasteiger partial charge in [-0.1, -0.05) is 60.3 Å². The van der Waals surface area contributed by atoms with Crippen LogP contribution < -0.4 is 0 Å². The number of carboxylic acid groups (broad SMARTS) is 4. The molecular weight excluding hydrogens is 590 g/mol. The summed E-state index contributed by atoms with van der Waals surface area (Å²) in [7, 11) is 2.21. The Morgan fingerprint density at radius 1 is 0.864 bits per heavy atom. The highest BCUT2D eigenvalue weighted by Gasteiger charge is 2.26. The van der Waals surface area contributed by atoms with E-state index < -0.39 is 23.9 Å². The molecule has 2 aliphatic heterocycles. The van der Waals surface area contributed by atoms with Crippen LogP contribution in [0.1, 0.15) is 24.0 Å². The summed E-state index contributed by atoms with van der Waals surface area (Å²) in [5, 5.41) is 32.4. The molecule has 1 fully saturated rings. The fourth-order valence-electron chi connectivity index (χ4n) is 4.13. The summed E-state index contributed by atoms with van der Waals surface area (Å²) >= 11 is 1.87. The third-order valence-electron chi connectivity index (χ3n) is 6.37. The molecule has 0 spiro atoms. The maximum absolute atomic E-state index is 9.55. The van der Waals surface area contributed by atoms with Gasteiger partial charge in [0, 0.05) is 62.8 Å². The van der Waals surface area contributed by atoms with Crippen molar-refractivity contribution < 1.29 is 44.3 Å². The normalized spacial score (nSPS) is 14.8. The quantitative estimate of drug-likeness (QED) is 0.221. The first-order valence-electron chi connectivity index (χ1n) is 13.7. The number of hydrogen-bond acceptors (Lipinski definition) is 9.